The van der Waals surface area contributed by atoms with Crippen LogP contribution in [0.5, 0.6) is 0 Å². The highest BCUT2D eigenvalue weighted by molar-refractivity contribution is 6.31. The van der Waals surface area contributed by atoms with E-state index in [2.05, 4.69) is 5.16 Å². The molecule has 0 amide bonds. The van der Waals surface area contributed by atoms with Crippen LogP contribution in [0.1, 0.15) is 35.9 Å². The van der Waals surface area contributed by atoms with E-state index in [9.17, 15) is 14.3 Å². The first-order valence-corrected chi connectivity index (χ1v) is 5.98. The molecule has 0 aliphatic heterocycles. The second-order valence-electron chi connectivity index (χ2n) is 4.33. The van der Waals surface area contributed by atoms with Crippen molar-refractivity contribution in [3.8, 4) is 11.3 Å². The van der Waals surface area contributed by atoms with Crippen molar-refractivity contribution >= 4 is 17.6 Å². The Labute approximate surface area is 113 Å². The fourth-order valence-electron chi connectivity index (χ4n) is 1.77. The second-order valence-corrected chi connectivity index (χ2v) is 4.74. The smallest absolute Gasteiger partial charge is 0.341 e. The van der Waals surface area contributed by atoms with Crippen LogP contribution in [0.3, 0.4) is 0 Å². The van der Waals surface area contributed by atoms with Gasteiger partial charge < -0.3 is 9.63 Å². The van der Waals surface area contributed by atoms with Gasteiger partial charge in [0.2, 0.25) is 0 Å². The van der Waals surface area contributed by atoms with Crippen molar-refractivity contribution in [2.75, 3.05) is 0 Å². The van der Waals surface area contributed by atoms with Gasteiger partial charge in [-0.15, -0.1) is 0 Å². The third-order valence-corrected chi connectivity index (χ3v) is 2.96. The van der Waals surface area contributed by atoms with E-state index in [1.165, 1.54) is 18.2 Å². The Morgan fingerprint density at radius 2 is 2.16 bits per heavy atom. The van der Waals surface area contributed by atoms with Gasteiger partial charge in [0.15, 0.2) is 11.6 Å². The molecule has 1 aromatic carbocycles. The summed E-state index contributed by atoms with van der Waals surface area (Å²) in [6, 6.07) is 4.32. The quantitative estimate of drug-likeness (QED) is 0.926. The van der Waals surface area contributed by atoms with Gasteiger partial charge in [-0.05, 0) is 12.1 Å². The molecule has 0 radical (unpaired) electrons. The molecule has 2 aromatic rings. The van der Waals surface area contributed by atoms with Crippen LogP contribution in [-0.2, 0) is 0 Å². The standard InChI is InChI=1S/C13H11ClFNO3/c1-6(2)12-9(13(17)18)11(16-19-12)7-4-3-5-8(14)10(7)15/h3-6H,1-2H3,(H,17,18). The maximum atomic E-state index is 13.9. The van der Waals surface area contributed by atoms with Crippen molar-refractivity contribution in [1.82, 2.24) is 5.16 Å². The number of hydrogen-bond acceptors (Lipinski definition) is 3. The lowest BCUT2D eigenvalue weighted by molar-refractivity contribution is 0.0694. The molecule has 1 heterocycles. The van der Waals surface area contributed by atoms with Gasteiger partial charge in [-0.1, -0.05) is 36.7 Å². The van der Waals surface area contributed by atoms with Crippen molar-refractivity contribution in [3.63, 3.8) is 0 Å². The van der Waals surface area contributed by atoms with Crippen molar-refractivity contribution in [2.24, 2.45) is 0 Å². The molecular weight excluding hydrogens is 273 g/mol. The van der Waals surface area contributed by atoms with Gasteiger partial charge in [-0.3, -0.25) is 0 Å². The molecule has 6 heteroatoms. The molecular formula is C13H11ClFNO3. The summed E-state index contributed by atoms with van der Waals surface area (Å²) in [6.45, 7) is 3.54. The summed E-state index contributed by atoms with van der Waals surface area (Å²) in [5, 5.41) is 12.8. The molecule has 100 valence electrons. The summed E-state index contributed by atoms with van der Waals surface area (Å²) in [5.74, 6) is -1.88. The Hall–Kier alpha value is -1.88. The van der Waals surface area contributed by atoms with Crippen molar-refractivity contribution in [2.45, 2.75) is 19.8 Å². The van der Waals surface area contributed by atoms with Crippen LogP contribution in [0.15, 0.2) is 22.7 Å². The van der Waals surface area contributed by atoms with E-state index < -0.39 is 11.8 Å². The molecule has 0 fully saturated rings. The van der Waals surface area contributed by atoms with Gasteiger partial charge in [-0.2, -0.15) is 0 Å². The van der Waals surface area contributed by atoms with E-state index in [1.54, 1.807) is 13.8 Å². The number of carboxylic acid groups (broad SMARTS) is 1. The molecule has 0 saturated heterocycles. The summed E-state index contributed by atoms with van der Waals surface area (Å²) >= 11 is 5.68. The van der Waals surface area contributed by atoms with Crippen LogP contribution in [0, 0.1) is 5.82 Å². The van der Waals surface area contributed by atoms with Crippen LogP contribution in [0.2, 0.25) is 5.02 Å². The molecule has 0 spiro atoms. The van der Waals surface area contributed by atoms with E-state index in [0.29, 0.717) is 0 Å². The molecule has 1 aromatic heterocycles. The van der Waals surface area contributed by atoms with Crippen LogP contribution in [0.4, 0.5) is 4.39 Å². The summed E-state index contributed by atoms with van der Waals surface area (Å²) in [5.41, 5.74) is -0.159. The number of hydrogen-bond donors (Lipinski definition) is 1. The highest BCUT2D eigenvalue weighted by Gasteiger charge is 2.27. The Bertz CT molecular complexity index is 637. The maximum absolute atomic E-state index is 13.9. The van der Waals surface area contributed by atoms with E-state index >= 15 is 0 Å². The zero-order valence-electron chi connectivity index (χ0n) is 10.3. The highest BCUT2D eigenvalue weighted by Crippen LogP contribution is 2.33. The minimum atomic E-state index is -1.21. The number of carbonyl (C=O) groups is 1. The SMILES string of the molecule is CC(C)c1onc(-c2cccc(Cl)c2F)c1C(=O)O. The first-order chi connectivity index (χ1) is 8.93. The Morgan fingerprint density at radius 3 is 2.74 bits per heavy atom. The number of carboxylic acids is 1. The minimum Gasteiger partial charge on any atom is -0.477 e. The predicted molar refractivity (Wildman–Crippen MR) is 68.0 cm³/mol. The molecule has 0 aliphatic rings. The third-order valence-electron chi connectivity index (χ3n) is 2.66. The second kappa shape index (κ2) is 5.01. The molecule has 0 unspecified atom stereocenters. The van der Waals surface area contributed by atoms with Crippen LogP contribution < -0.4 is 0 Å². The van der Waals surface area contributed by atoms with Crippen LogP contribution >= 0.6 is 11.6 Å². The topological polar surface area (TPSA) is 63.3 Å². The molecule has 4 nitrogen and oxygen atoms in total. The average Bonchev–Trinajstić information content (AvgIpc) is 2.77. The van der Waals surface area contributed by atoms with Crippen molar-refractivity contribution in [3.05, 3.63) is 40.4 Å². The Kier molecular flexibility index (Phi) is 3.57. The van der Waals surface area contributed by atoms with E-state index in [0.717, 1.165) is 0 Å². The largest absolute Gasteiger partial charge is 0.477 e. The van der Waals surface area contributed by atoms with E-state index in [1.807, 2.05) is 0 Å². The maximum Gasteiger partial charge on any atom is 0.341 e. The lowest BCUT2D eigenvalue weighted by Crippen LogP contribution is -2.03. The lowest BCUT2D eigenvalue weighted by atomic mass is 10.0. The summed E-state index contributed by atoms with van der Waals surface area (Å²) < 4.78 is 19.0. The first kappa shape index (κ1) is 13.5. The van der Waals surface area contributed by atoms with Crippen molar-refractivity contribution < 1.29 is 18.8 Å². The summed E-state index contributed by atoms with van der Waals surface area (Å²) in [7, 11) is 0. The molecule has 0 atom stereocenters. The normalized spacial score (nSPS) is 11.0. The van der Waals surface area contributed by atoms with Crippen LogP contribution in [0.25, 0.3) is 11.3 Å². The van der Waals surface area contributed by atoms with E-state index in [-0.39, 0.29) is 33.5 Å². The lowest BCUT2D eigenvalue weighted by Gasteiger charge is -2.03. The number of halogens is 2. The molecule has 0 aliphatic carbocycles. The number of rotatable bonds is 3. The molecule has 19 heavy (non-hydrogen) atoms. The molecule has 1 N–H and O–H groups in total. The third kappa shape index (κ3) is 2.33. The monoisotopic (exact) mass is 283 g/mol. The number of aromatic nitrogens is 1. The number of nitrogens with zero attached hydrogens (tertiary/aromatic N) is 1. The van der Waals surface area contributed by atoms with Gasteiger partial charge in [0.25, 0.3) is 0 Å². The average molecular weight is 284 g/mol. The van der Waals surface area contributed by atoms with E-state index in [4.69, 9.17) is 16.1 Å². The number of aromatic carboxylic acids is 1. The number of benzene rings is 1. The fraction of sp³-hybridized carbons (Fsp3) is 0.231. The highest BCUT2D eigenvalue weighted by atomic mass is 35.5. The van der Waals surface area contributed by atoms with Crippen LogP contribution in [-0.4, -0.2) is 16.2 Å². The summed E-state index contributed by atoms with van der Waals surface area (Å²) in [6.07, 6.45) is 0. The molecule has 2 rings (SSSR count). The zero-order chi connectivity index (χ0) is 14.2. The van der Waals surface area contributed by atoms with Gasteiger partial charge in [0.05, 0.1) is 5.02 Å². The predicted octanol–water partition coefficient (Wildman–Crippen LogP) is 3.96. The van der Waals surface area contributed by atoms with Crippen molar-refractivity contribution in [1.29, 1.82) is 0 Å². The first-order valence-electron chi connectivity index (χ1n) is 5.60. The van der Waals surface area contributed by atoms with Gasteiger partial charge in [0.1, 0.15) is 11.3 Å². The Morgan fingerprint density at radius 1 is 1.47 bits per heavy atom. The fourth-order valence-corrected chi connectivity index (χ4v) is 1.95. The van der Waals surface area contributed by atoms with Gasteiger partial charge in [-0.25, -0.2) is 9.18 Å². The molecule has 0 saturated carbocycles. The Balaban J connectivity index is 2.69. The van der Waals surface area contributed by atoms with Gasteiger partial charge >= 0.3 is 5.97 Å². The minimum absolute atomic E-state index is 0.0144. The van der Waals surface area contributed by atoms with Gasteiger partial charge in [0, 0.05) is 11.5 Å². The zero-order valence-corrected chi connectivity index (χ0v) is 11.0. The summed E-state index contributed by atoms with van der Waals surface area (Å²) in [4.78, 5) is 11.3. The molecule has 0 bridgehead atoms.